The van der Waals surface area contributed by atoms with Crippen LogP contribution in [0.2, 0.25) is 0 Å². The Morgan fingerprint density at radius 1 is 0.318 bits per heavy atom. The topological polar surface area (TPSA) is 78.1 Å². The third-order valence-electron chi connectivity index (χ3n) is 13.8. The Balaban J connectivity index is 0.949. The molecular weight excluding hydrogens is 811 g/mol. The van der Waals surface area contributed by atoms with Crippen LogP contribution < -0.4 is 0 Å². The molecule has 9 aromatic carbocycles. The predicted octanol–water partition coefficient (Wildman–Crippen LogP) is 16.2. The lowest BCUT2D eigenvalue weighted by atomic mass is 9.82. The first-order valence-corrected chi connectivity index (χ1v) is 22.3. The normalized spacial score (nSPS) is 13.1. The van der Waals surface area contributed by atoms with Crippen molar-refractivity contribution in [3.63, 3.8) is 0 Å². The predicted molar refractivity (Wildman–Crippen MR) is 266 cm³/mol. The van der Waals surface area contributed by atoms with E-state index >= 15 is 0 Å². The molecule has 0 aliphatic heterocycles. The minimum atomic E-state index is -0.0380. The maximum absolute atomic E-state index is 6.60. The van der Waals surface area contributed by atoms with E-state index in [9.17, 15) is 0 Å². The zero-order valence-electron chi connectivity index (χ0n) is 36.0. The summed E-state index contributed by atoms with van der Waals surface area (Å²) in [6.07, 6.45) is 0. The van der Waals surface area contributed by atoms with Gasteiger partial charge in [-0.1, -0.05) is 147 Å². The molecule has 4 heterocycles. The molecule has 1 aliphatic carbocycles. The maximum atomic E-state index is 6.60. The summed E-state index contributed by atoms with van der Waals surface area (Å²) in [7, 11) is 0. The fourth-order valence-corrected chi connectivity index (χ4v) is 10.6. The van der Waals surface area contributed by atoms with E-state index in [4.69, 9.17) is 28.2 Å². The third-order valence-corrected chi connectivity index (χ3v) is 13.8. The molecule has 0 bridgehead atoms. The molecule has 0 amide bonds. The molecule has 66 heavy (non-hydrogen) atoms. The molecule has 6 nitrogen and oxygen atoms in total. The van der Waals surface area contributed by atoms with Crippen LogP contribution in [0, 0.1) is 0 Å². The van der Waals surface area contributed by atoms with Gasteiger partial charge in [0.05, 0.1) is 5.56 Å². The average Bonchev–Trinajstić information content (AvgIpc) is 4.11. The number of para-hydroxylation sites is 3. The number of nitrogens with zero attached hydrogens (tertiary/aromatic N) is 3. The van der Waals surface area contributed by atoms with Gasteiger partial charge in [0, 0.05) is 48.9 Å². The molecule has 0 radical (unpaired) electrons. The minimum Gasteiger partial charge on any atom is -0.456 e. The van der Waals surface area contributed by atoms with Crippen LogP contribution in [0.1, 0.15) is 25.0 Å². The van der Waals surface area contributed by atoms with Crippen molar-refractivity contribution >= 4 is 65.8 Å². The van der Waals surface area contributed by atoms with Gasteiger partial charge >= 0.3 is 0 Å². The Bertz CT molecular complexity index is 4170. The summed E-state index contributed by atoms with van der Waals surface area (Å²) < 4.78 is 19.5. The van der Waals surface area contributed by atoms with E-state index in [0.717, 1.165) is 93.6 Å². The highest BCUT2D eigenvalue weighted by atomic mass is 16.3. The molecule has 0 atom stereocenters. The van der Waals surface area contributed by atoms with Crippen molar-refractivity contribution in [2.24, 2.45) is 0 Å². The fraction of sp³-hybridized carbons (Fsp3) is 0.0500. The summed E-state index contributed by atoms with van der Waals surface area (Å²) in [4.78, 5) is 15.9. The highest BCUT2D eigenvalue weighted by molar-refractivity contribution is 6.14. The first kappa shape index (κ1) is 36.8. The largest absolute Gasteiger partial charge is 0.456 e. The van der Waals surface area contributed by atoms with Gasteiger partial charge in [0.2, 0.25) is 0 Å². The second-order valence-corrected chi connectivity index (χ2v) is 17.9. The van der Waals surface area contributed by atoms with Crippen LogP contribution in [-0.4, -0.2) is 15.0 Å². The van der Waals surface area contributed by atoms with Crippen molar-refractivity contribution in [2.75, 3.05) is 0 Å². The number of benzene rings is 9. The Morgan fingerprint density at radius 2 is 0.803 bits per heavy atom. The molecule has 0 unspecified atom stereocenters. The van der Waals surface area contributed by atoms with Crippen molar-refractivity contribution in [1.29, 1.82) is 0 Å². The lowest BCUT2D eigenvalue weighted by molar-refractivity contribution is 0.660. The summed E-state index contributed by atoms with van der Waals surface area (Å²) in [5.41, 5.74) is 17.0. The summed E-state index contributed by atoms with van der Waals surface area (Å²) in [5, 5.41) is 5.89. The molecule has 6 heteroatoms. The molecule has 0 spiro atoms. The number of furan rings is 3. The zero-order valence-corrected chi connectivity index (χ0v) is 36.0. The average molecular weight is 848 g/mol. The molecule has 310 valence electrons. The third kappa shape index (κ3) is 5.39. The van der Waals surface area contributed by atoms with Gasteiger partial charge in [-0.3, -0.25) is 0 Å². The molecule has 0 saturated heterocycles. The van der Waals surface area contributed by atoms with Gasteiger partial charge < -0.3 is 13.3 Å². The van der Waals surface area contributed by atoms with Crippen molar-refractivity contribution in [3.8, 4) is 67.5 Å². The van der Waals surface area contributed by atoms with Gasteiger partial charge in [-0.05, 0) is 99.1 Å². The summed E-state index contributed by atoms with van der Waals surface area (Å²) in [6, 6.07) is 65.6. The van der Waals surface area contributed by atoms with Gasteiger partial charge in [-0.2, -0.15) is 0 Å². The molecule has 13 aromatic rings. The second-order valence-electron chi connectivity index (χ2n) is 17.9. The second kappa shape index (κ2) is 13.7. The highest BCUT2D eigenvalue weighted by Crippen LogP contribution is 2.50. The van der Waals surface area contributed by atoms with Crippen LogP contribution in [-0.2, 0) is 5.41 Å². The van der Waals surface area contributed by atoms with Crippen LogP contribution in [0.3, 0.4) is 0 Å². The molecular formula is C60H37N3O3. The minimum absolute atomic E-state index is 0.0380. The van der Waals surface area contributed by atoms with Crippen molar-refractivity contribution in [3.05, 3.63) is 199 Å². The maximum Gasteiger partial charge on any atom is 0.167 e. The zero-order chi connectivity index (χ0) is 43.7. The van der Waals surface area contributed by atoms with E-state index in [1.54, 1.807) is 0 Å². The van der Waals surface area contributed by atoms with Crippen molar-refractivity contribution in [1.82, 2.24) is 15.0 Å². The Kier molecular flexibility index (Phi) is 7.64. The van der Waals surface area contributed by atoms with Crippen LogP contribution in [0.15, 0.2) is 201 Å². The molecule has 0 N–H and O–H groups in total. The number of aromatic nitrogens is 3. The van der Waals surface area contributed by atoms with Crippen LogP contribution in [0.5, 0.6) is 0 Å². The number of hydrogen-bond acceptors (Lipinski definition) is 6. The van der Waals surface area contributed by atoms with Crippen molar-refractivity contribution < 1.29 is 13.3 Å². The first-order chi connectivity index (χ1) is 32.4. The quantitative estimate of drug-likeness (QED) is 0.172. The van der Waals surface area contributed by atoms with Crippen molar-refractivity contribution in [2.45, 2.75) is 19.3 Å². The summed E-state index contributed by atoms with van der Waals surface area (Å²) in [6.45, 7) is 4.65. The van der Waals surface area contributed by atoms with Gasteiger partial charge in [-0.25, -0.2) is 15.0 Å². The number of hydrogen-bond donors (Lipinski definition) is 0. The Labute approximate surface area is 378 Å². The van der Waals surface area contributed by atoms with Gasteiger partial charge in [-0.15, -0.1) is 0 Å². The van der Waals surface area contributed by atoms with Crippen LogP contribution in [0.25, 0.3) is 133 Å². The smallest absolute Gasteiger partial charge is 0.167 e. The van der Waals surface area contributed by atoms with Gasteiger partial charge in [0.15, 0.2) is 17.5 Å². The Hall–Kier alpha value is -8.61. The monoisotopic (exact) mass is 847 g/mol. The lowest BCUT2D eigenvalue weighted by Crippen LogP contribution is -2.14. The fourth-order valence-electron chi connectivity index (χ4n) is 10.6. The molecule has 1 aliphatic rings. The first-order valence-electron chi connectivity index (χ1n) is 22.3. The summed E-state index contributed by atoms with van der Waals surface area (Å²) in [5.74, 6) is 1.56. The van der Waals surface area contributed by atoms with Gasteiger partial charge in [0.1, 0.15) is 33.5 Å². The lowest BCUT2D eigenvalue weighted by Gasteiger charge is -2.21. The SMILES string of the molecule is CC1(C)c2ccccc2-c2cc(-c3cccc(-c4ccc5oc6cccc(-c7nc(-c8cccc9c8oc8ccccc89)nc(-c8cccc9oc%10ccccc%10c89)n7)c6c5c4)c3)ccc21. The molecule has 4 aromatic heterocycles. The van der Waals surface area contributed by atoms with Crippen LogP contribution in [0.4, 0.5) is 0 Å². The van der Waals surface area contributed by atoms with Gasteiger partial charge in [0.25, 0.3) is 0 Å². The number of rotatable bonds is 5. The van der Waals surface area contributed by atoms with Crippen LogP contribution >= 0.6 is 0 Å². The van der Waals surface area contributed by atoms with E-state index in [1.165, 1.54) is 33.4 Å². The van der Waals surface area contributed by atoms with E-state index in [2.05, 4.69) is 129 Å². The standard InChI is InChI=1S/C60H37N3O3/c1-60(2)47-22-6-3-15-38(47)45-32-36(27-29-48(45)60)34-13-9-14-35(31-34)37-28-30-51-46(33-37)55-43(20-12-26-53(55)65-51)58-61-57(42-19-11-25-52-54(42)41-17-5-8-24-50(41)64-52)62-59(63-58)44-21-10-18-40-39-16-4-7-23-49(39)66-56(40)44/h3-33H,1-2H3. The van der Waals surface area contributed by atoms with E-state index < -0.39 is 0 Å². The Morgan fingerprint density at radius 3 is 1.56 bits per heavy atom. The summed E-state index contributed by atoms with van der Waals surface area (Å²) >= 11 is 0. The van der Waals surface area contributed by atoms with E-state index in [-0.39, 0.29) is 5.41 Å². The molecule has 14 rings (SSSR count). The van der Waals surface area contributed by atoms with E-state index in [1.807, 2.05) is 72.8 Å². The van der Waals surface area contributed by atoms with E-state index in [0.29, 0.717) is 17.5 Å². The molecule has 0 fully saturated rings. The highest BCUT2D eigenvalue weighted by Gasteiger charge is 2.35. The number of fused-ring (bicyclic) bond motifs is 12. The molecule has 0 saturated carbocycles.